The van der Waals surface area contributed by atoms with Gasteiger partial charge >= 0.3 is 0 Å². The van der Waals surface area contributed by atoms with E-state index in [1.54, 1.807) is 16.5 Å². The maximum atomic E-state index is 14.0. The third kappa shape index (κ3) is 4.29. The van der Waals surface area contributed by atoms with Gasteiger partial charge in [-0.2, -0.15) is 0 Å². The van der Waals surface area contributed by atoms with Gasteiger partial charge in [-0.25, -0.2) is 8.78 Å². The van der Waals surface area contributed by atoms with Crippen LogP contribution in [0.25, 0.3) is 0 Å². The molecule has 1 unspecified atom stereocenters. The number of hydrogen-bond donors (Lipinski definition) is 2. The van der Waals surface area contributed by atoms with E-state index >= 15 is 0 Å². The fourth-order valence-electron chi connectivity index (χ4n) is 4.56. The van der Waals surface area contributed by atoms with Crippen LogP contribution in [-0.4, -0.2) is 54.6 Å². The van der Waals surface area contributed by atoms with Gasteiger partial charge in [0, 0.05) is 44.5 Å². The van der Waals surface area contributed by atoms with Crippen molar-refractivity contribution in [3.63, 3.8) is 0 Å². The molecule has 1 fully saturated rings. The summed E-state index contributed by atoms with van der Waals surface area (Å²) in [7, 11) is 1.68. The normalized spacial score (nSPS) is 19.4. The zero-order chi connectivity index (χ0) is 24.5. The fraction of sp³-hybridized carbons (Fsp3) is 0.458. The molecule has 0 bridgehead atoms. The van der Waals surface area contributed by atoms with Crippen LogP contribution >= 0.6 is 0 Å². The molecule has 0 radical (unpaired) electrons. The molecule has 1 atom stereocenters. The summed E-state index contributed by atoms with van der Waals surface area (Å²) >= 11 is 0. The van der Waals surface area contributed by atoms with Crippen molar-refractivity contribution in [1.29, 1.82) is 0 Å². The molecule has 2 amide bonds. The molecule has 8 nitrogen and oxygen atoms in total. The van der Waals surface area contributed by atoms with Gasteiger partial charge in [0.25, 0.3) is 11.8 Å². The van der Waals surface area contributed by atoms with Crippen molar-refractivity contribution in [3.8, 4) is 5.75 Å². The second-order valence-corrected chi connectivity index (χ2v) is 8.85. The topological polar surface area (TPSA) is 92.7 Å². The van der Waals surface area contributed by atoms with Crippen molar-refractivity contribution in [3.05, 3.63) is 63.1 Å². The van der Waals surface area contributed by atoms with E-state index in [0.717, 1.165) is 25.1 Å². The molecule has 10 heteroatoms. The summed E-state index contributed by atoms with van der Waals surface area (Å²) in [6.45, 7) is 3.69. The predicted octanol–water partition coefficient (Wildman–Crippen LogP) is 2.01. The SMILES string of the molecule is CCCCOc1c2n(cc(C(=O)NCc3ccc(F)cc3F)c1=O)C1(CCNC1)CN(C)C2=O. The van der Waals surface area contributed by atoms with Crippen LogP contribution in [-0.2, 0) is 12.1 Å². The number of carbonyl (C=O) groups is 2. The summed E-state index contributed by atoms with van der Waals surface area (Å²) in [6, 6.07) is 3.06. The smallest absolute Gasteiger partial charge is 0.274 e. The number of likely N-dealkylation sites (N-methyl/N-ethyl adjacent to an activating group) is 1. The number of nitrogens with zero attached hydrogens (tertiary/aromatic N) is 2. The molecule has 1 saturated heterocycles. The molecule has 2 aromatic rings. The first kappa shape index (κ1) is 23.9. The minimum absolute atomic E-state index is 0.0838. The Morgan fingerprint density at radius 1 is 1.29 bits per heavy atom. The van der Waals surface area contributed by atoms with Gasteiger partial charge in [0.05, 0.1) is 12.1 Å². The van der Waals surface area contributed by atoms with Crippen LogP contribution in [0.5, 0.6) is 5.75 Å². The third-order valence-electron chi connectivity index (χ3n) is 6.42. The summed E-state index contributed by atoms with van der Waals surface area (Å²) in [5.41, 5.74) is -1.18. The Bertz CT molecular complexity index is 1170. The van der Waals surface area contributed by atoms with E-state index < -0.39 is 28.5 Å². The highest BCUT2D eigenvalue weighted by Crippen LogP contribution is 2.34. The lowest BCUT2D eigenvalue weighted by molar-refractivity contribution is 0.0618. The largest absolute Gasteiger partial charge is 0.487 e. The van der Waals surface area contributed by atoms with Gasteiger partial charge in [0.2, 0.25) is 5.43 Å². The van der Waals surface area contributed by atoms with Crippen LogP contribution in [0.2, 0.25) is 0 Å². The van der Waals surface area contributed by atoms with Crippen LogP contribution in [0.3, 0.4) is 0 Å². The molecule has 0 saturated carbocycles. The Hall–Kier alpha value is -3.27. The first-order valence-corrected chi connectivity index (χ1v) is 11.4. The molecule has 0 aliphatic carbocycles. The number of rotatable bonds is 7. The molecular formula is C24H28F2N4O4. The van der Waals surface area contributed by atoms with Gasteiger partial charge in [-0.3, -0.25) is 14.4 Å². The summed E-state index contributed by atoms with van der Waals surface area (Å²) in [6.07, 6.45) is 3.62. The molecule has 2 aliphatic rings. The van der Waals surface area contributed by atoms with Crippen molar-refractivity contribution >= 4 is 11.8 Å². The van der Waals surface area contributed by atoms with Gasteiger partial charge in [0.15, 0.2) is 11.4 Å². The molecule has 1 aromatic carbocycles. The van der Waals surface area contributed by atoms with Crippen LogP contribution in [0.1, 0.15) is 52.6 Å². The van der Waals surface area contributed by atoms with Gasteiger partial charge < -0.3 is 24.8 Å². The molecule has 2 N–H and O–H groups in total. The maximum absolute atomic E-state index is 14.0. The highest BCUT2D eigenvalue weighted by molar-refractivity contribution is 5.99. The second kappa shape index (κ2) is 9.54. The molecule has 1 aromatic heterocycles. The molecular weight excluding hydrogens is 446 g/mol. The number of amides is 2. The average Bonchev–Trinajstić information content (AvgIpc) is 3.26. The number of fused-ring (bicyclic) bond motifs is 2. The lowest BCUT2D eigenvalue weighted by atomic mass is 9.92. The van der Waals surface area contributed by atoms with E-state index in [1.165, 1.54) is 12.3 Å². The number of carbonyl (C=O) groups excluding carboxylic acids is 2. The van der Waals surface area contributed by atoms with Crippen LogP contribution in [0, 0.1) is 11.6 Å². The van der Waals surface area contributed by atoms with Crippen molar-refractivity contribution in [2.45, 2.75) is 38.3 Å². The van der Waals surface area contributed by atoms with Crippen molar-refractivity contribution < 1.29 is 23.1 Å². The molecule has 1 spiro atoms. The lowest BCUT2D eigenvalue weighted by Crippen LogP contribution is -2.55. The summed E-state index contributed by atoms with van der Waals surface area (Å²) in [4.78, 5) is 41.1. The minimum Gasteiger partial charge on any atom is -0.487 e. The number of hydrogen-bond acceptors (Lipinski definition) is 5. The van der Waals surface area contributed by atoms with Gasteiger partial charge in [0.1, 0.15) is 17.2 Å². The van der Waals surface area contributed by atoms with E-state index in [9.17, 15) is 23.2 Å². The van der Waals surface area contributed by atoms with Crippen molar-refractivity contribution in [2.75, 3.05) is 33.3 Å². The Labute approximate surface area is 195 Å². The van der Waals surface area contributed by atoms with E-state index in [0.29, 0.717) is 25.9 Å². The van der Waals surface area contributed by atoms with Crippen molar-refractivity contribution in [2.24, 2.45) is 0 Å². The summed E-state index contributed by atoms with van der Waals surface area (Å²) in [5, 5.41) is 5.84. The number of halogens is 2. The maximum Gasteiger partial charge on any atom is 0.274 e. The monoisotopic (exact) mass is 474 g/mol. The molecule has 182 valence electrons. The van der Waals surface area contributed by atoms with Gasteiger partial charge in [-0.1, -0.05) is 19.4 Å². The van der Waals surface area contributed by atoms with Crippen LogP contribution < -0.4 is 20.8 Å². The zero-order valence-electron chi connectivity index (χ0n) is 19.2. The highest BCUT2D eigenvalue weighted by Gasteiger charge is 2.45. The fourth-order valence-corrected chi connectivity index (χ4v) is 4.56. The Balaban J connectivity index is 1.75. The molecule has 3 heterocycles. The number of nitrogens with one attached hydrogen (secondary N) is 2. The number of aromatic nitrogens is 1. The zero-order valence-corrected chi connectivity index (χ0v) is 19.2. The van der Waals surface area contributed by atoms with Crippen LogP contribution in [0.4, 0.5) is 8.78 Å². The summed E-state index contributed by atoms with van der Waals surface area (Å²) in [5.74, 6) is -2.73. The quantitative estimate of drug-likeness (QED) is 0.599. The number of ether oxygens (including phenoxy) is 1. The Kier molecular flexibility index (Phi) is 6.70. The first-order valence-electron chi connectivity index (χ1n) is 11.4. The standard InChI is InChI=1S/C24H28F2N4O4/c1-3-4-9-34-21-19-23(33)29(2)14-24(7-8-27-13-24)30(19)12-17(20(21)31)22(32)28-11-15-5-6-16(25)10-18(15)26/h5-6,10,12,27H,3-4,7-9,11,13-14H2,1-2H3,(H,28,32). The highest BCUT2D eigenvalue weighted by atomic mass is 19.1. The van der Waals surface area contributed by atoms with E-state index in [-0.39, 0.29) is 41.6 Å². The molecule has 2 aliphatic heterocycles. The Morgan fingerprint density at radius 3 is 2.76 bits per heavy atom. The minimum atomic E-state index is -0.796. The molecule has 4 rings (SSSR count). The number of benzene rings is 1. The van der Waals surface area contributed by atoms with E-state index in [1.807, 2.05) is 6.92 Å². The van der Waals surface area contributed by atoms with E-state index in [2.05, 4.69) is 10.6 Å². The van der Waals surface area contributed by atoms with E-state index in [4.69, 9.17) is 4.74 Å². The predicted molar refractivity (Wildman–Crippen MR) is 121 cm³/mol. The summed E-state index contributed by atoms with van der Waals surface area (Å²) < 4.78 is 34.7. The number of pyridine rings is 1. The molecule has 34 heavy (non-hydrogen) atoms. The van der Waals surface area contributed by atoms with Gasteiger partial charge in [-0.05, 0) is 25.5 Å². The van der Waals surface area contributed by atoms with Crippen molar-refractivity contribution in [1.82, 2.24) is 20.1 Å². The first-order chi connectivity index (χ1) is 16.3. The second-order valence-electron chi connectivity index (χ2n) is 8.85. The number of unbranched alkanes of at least 4 members (excludes halogenated alkanes) is 1. The average molecular weight is 475 g/mol. The lowest BCUT2D eigenvalue weighted by Gasteiger charge is -2.42. The Morgan fingerprint density at radius 2 is 2.09 bits per heavy atom. The third-order valence-corrected chi connectivity index (χ3v) is 6.42. The van der Waals surface area contributed by atoms with Gasteiger partial charge in [-0.15, -0.1) is 0 Å². The van der Waals surface area contributed by atoms with Crippen LogP contribution in [0.15, 0.2) is 29.2 Å².